The molecule has 0 aliphatic heterocycles. The SMILES string of the molecule is Cc1cc(NC(=O)Cn2cnc3ccccc3c2=O)n(-c2ccc(F)cc2)n1. The van der Waals surface area contributed by atoms with Crippen molar-refractivity contribution in [3.63, 3.8) is 0 Å². The van der Waals surface area contributed by atoms with Crippen LogP contribution in [0.4, 0.5) is 10.2 Å². The van der Waals surface area contributed by atoms with Gasteiger partial charge in [0.1, 0.15) is 18.2 Å². The van der Waals surface area contributed by atoms with Crippen LogP contribution in [0.3, 0.4) is 0 Å². The molecule has 8 heteroatoms. The van der Waals surface area contributed by atoms with Gasteiger partial charge in [0.15, 0.2) is 0 Å². The molecule has 140 valence electrons. The van der Waals surface area contributed by atoms with Gasteiger partial charge in [0.25, 0.3) is 5.56 Å². The van der Waals surface area contributed by atoms with Gasteiger partial charge in [-0.3, -0.25) is 14.2 Å². The summed E-state index contributed by atoms with van der Waals surface area (Å²) < 4.78 is 15.9. The number of hydrogen-bond acceptors (Lipinski definition) is 4. The second-order valence-corrected chi connectivity index (χ2v) is 6.30. The maximum atomic E-state index is 13.2. The van der Waals surface area contributed by atoms with Crippen molar-refractivity contribution < 1.29 is 9.18 Å². The van der Waals surface area contributed by atoms with Crippen LogP contribution >= 0.6 is 0 Å². The van der Waals surface area contributed by atoms with Crippen LogP contribution in [0.15, 0.2) is 65.7 Å². The van der Waals surface area contributed by atoms with Gasteiger partial charge in [-0.15, -0.1) is 0 Å². The summed E-state index contributed by atoms with van der Waals surface area (Å²) in [5.74, 6) is -0.334. The highest BCUT2D eigenvalue weighted by Crippen LogP contribution is 2.17. The van der Waals surface area contributed by atoms with E-state index in [-0.39, 0.29) is 17.9 Å². The van der Waals surface area contributed by atoms with Crippen molar-refractivity contribution in [2.75, 3.05) is 5.32 Å². The van der Waals surface area contributed by atoms with Crippen molar-refractivity contribution in [2.24, 2.45) is 0 Å². The zero-order valence-electron chi connectivity index (χ0n) is 15.0. The monoisotopic (exact) mass is 377 g/mol. The predicted octanol–water partition coefficient (Wildman–Crippen LogP) is 2.67. The lowest BCUT2D eigenvalue weighted by Gasteiger charge is -2.10. The molecule has 2 heterocycles. The molecule has 1 amide bonds. The van der Waals surface area contributed by atoms with Gasteiger partial charge < -0.3 is 5.32 Å². The Morgan fingerprint density at radius 2 is 1.89 bits per heavy atom. The number of aryl methyl sites for hydroxylation is 1. The van der Waals surface area contributed by atoms with E-state index >= 15 is 0 Å². The molecule has 0 bridgehead atoms. The van der Waals surface area contributed by atoms with Crippen LogP contribution in [0.5, 0.6) is 0 Å². The quantitative estimate of drug-likeness (QED) is 0.593. The topological polar surface area (TPSA) is 81.8 Å². The van der Waals surface area contributed by atoms with Gasteiger partial charge >= 0.3 is 0 Å². The van der Waals surface area contributed by atoms with Gasteiger partial charge in [-0.2, -0.15) is 5.10 Å². The highest BCUT2D eigenvalue weighted by atomic mass is 19.1. The van der Waals surface area contributed by atoms with E-state index in [2.05, 4.69) is 15.4 Å². The van der Waals surface area contributed by atoms with Crippen LogP contribution < -0.4 is 10.9 Å². The molecule has 0 fully saturated rings. The summed E-state index contributed by atoms with van der Waals surface area (Å²) in [6, 6.07) is 14.4. The van der Waals surface area contributed by atoms with E-state index in [1.165, 1.54) is 27.7 Å². The van der Waals surface area contributed by atoms with E-state index in [4.69, 9.17) is 0 Å². The van der Waals surface area contributed by atoms with E-state index in [1.54, 1.807) is 49.4 Å². The zero-order chi connectivity index (χ0) is 19.7. The lowest BCUT2D eigenvalue weighted by Crippen LogP contribution is -2.28. The number of para-hydroxylation sites is 1. The van der Waals surface area contributed by atoms with Crippen LogP contribution in [0.2, 0.25) is 0 Å². The molecule has 0 aliphatic rings. The average molecular weight is 377 g/mol. The van der Waals surface area contributed by atoms with E-state index < -0.39 is 5.91 Å². The molecule has 4 aromatic rings. The molecule has 2 aromatic heterocycles. The number of nitrogens with one attached hydrogen (secondary N) is 1. The summed E-state index contributed by atoms with van der Waals surface area (Å²) in [6.45, 7) is 1.59. The standard InChI is InChI=1S/C20H16FN5O2/c1-13-10-18(26(24-13)15-8-6-14(21)7-9-15)23-19(27)11-25-12-22-17-5-3-2-4-16(17)20(25)28/h2-10,12H,11H2,1H3,(H,23,27). The fourth-order valence-corrected chi connectivity index (χ4v) is 2.92. The van der Waals surface area contributed by atoms with Crippen LogP contribution in [0.1, 0.15) is 5.69 Å². The number of rotatable bonds is 4. The second kappa shape index (κ2) is 7.07. The summed E-state index contributed by atoms with van der Waals surface area (Å²) in [5.41, 5.74) is 1.58. The maximum absolute atomic E-state index is 13.2. The Labute approximate surface area is 159 Å². The molecule has 0 saturated heterocycles. The normalized spacial score (nSPS) is 10.9. The second-order valence-electron chi connectivity index (χ2n) is 6.30. The van der Waals surface area contributed by atoms with Gasteiger partial charge in [-0.25, -0.2) is 14.1 Å². The number of carbonyl (C=O) groups is 1. The molecule has 1 N–H and O–H groups in total. The predicted molar refractivity (Wildman–Crippen MR) is 103 cm³/mol. The van der Waals surface area contributed by atoms with Crippen LogP contribution in [-0.4, -0.2) is 25.2 Å². The number of amides is 1. The molecule has 0 atom stereocenters. The van der Waals surface area contributed by atoms with Crippen molar-refractivity contribution in [1.29, 1.82) is 0 Å². The fraction of sp³-hybridized carbons (Fsp3) is 0.100. The summed E-state index contributed by atoms with van der Waals surface area (Å²) >= 11 is 0. The first-order valence-electron chi connectivity index (χ1n) is 8.58. The molecule has 0 saturated carbocycles. The van der Waals surface area contributed by atoms with E-state index in [9.17, 15) is 14.0 Å². The first kappa shape index (κ1) is 17.6. The Morgan fingerprint density at radius 1 is 1.14 bits per heavy atom. The summed E-state index contributed by atoms with van der Waals surface area (Å²) in [6.07, 6.45) is 1.35. The molecule has 7 nitrogen and oxygen atoms in total. The summed E-state index contributed by atoms with van der Waals surface area (Å²) in [4.78, 5) is 29.3. The lowest BCUT2D eigenvalue weighted by atomic mass is 10.2. The Bertz CT molecular complexity index is 1230. The minimum absolute atomic E-state index is 0.190. The number of aromatic nitrogens is 4. The molecule has 0 unspecified atom stereocenters. The van der Waals surface area contributed by atoms with Crippen molar-refractivity contribution in [1.82, 2.24) is 19.3 Å². The van der Waals surface area contributed by atoms with Crippen LogP contribution in [0.25, 0.3) is 16.6 Å². The number of anilines is 1. The highest BCUT2D eigenvalue weighted by Gasteiger charge is 2.13. The largest absolute Gasteiger partial charge is 0.309 e. The molecule has 2 aromatic carbocycles. The van der Waals surface area contributed by atoms with Crippen molar-refractivity contribution in [3.05, 3.63) is 82.8 Å². The minimum atomic E-state index is -0.401. The Morgan fingerprint density at radius 3 is 2.68 bits per heavy atom. The van der Waals surface area contributed by atoms with E-state index in [0.29, 0.717) is 28.1 Å². The minimum Gasteiger partial charge on any atom is -0.309 e. The van der Waals surface area contributed by atoms with Gasteiger partial charge in [0, 0.05) is 6.07 Å². The number of carbonyl (C=O) groups excluding carboxylic acids is 1. The average Bonchev–Trinajstić information content (AvgIpc) is 3.05. The van der Waals surface area contributed by atoms with Crippen molar-refractivity contribution >= 4 is 22.6 Å². The first-order valence-corrected chi connectivity index (χ1v) is 8.58. The molecule has 4 rings (SSSR count). The number of fused-ring (bicyclic) bond motifs is 1. The number of hydrogen-bond donors (Lipinski definition) is 1. The summed E-state index contributed by atoms with van der Waals surface area (Å²) in [7, 11) is 0. The smallest absolute Gasteiger partial charge is 0.261 e. The third kappa shape index (κ3) is 3.39. The van der Waals surface area contributed by atoms with Crippen LogP contribution in [-0.2, 0) is 11.3 Å². The van der Waals surface area contributed by atoms with Crippen molar-refractivity contribution in [3.8, 4) is 5.69 Å². The fourth-order valence-electron chi connectivity index (χ4n) is 2.92. The van der Waals surface area contributed by atoms with Crippen molar-refractivity contribution in [2.45, 2.75) is 13.5 Å². The number of halogens is 1. The van der Waals surface area contributed by atoms with E-state index in [1.807, 2.05) is 0 Å². The third-order valence-electron chi connectivity index (χ3n) is 4.22. The molecule has 0 spiro atoms. The molecule has 28 heavy (non-hydrogen) atoms. The molecule has 0 aliphatic carbocycles. The first-order chi connectivity index (χ1) is 13.5. The Kier molecular flexibility index (Phi) is 4.44. The number of benzene rings is 2. The van der Waals surface area contributed by atoms with E-state index in [0.717, 1.165) is 0 Å². The third-order valence-corrected chi connectivity index (χ3v) is 4.22. The maximum Gasteiger partial charge on any atom is 0.261 e. The van der Waals surface area contributed by atoms with Gasteiger partial charge in [0.2, 0.25) is 5.91 Å². The van der Waals surface area contributed by atoms with Crippen LogP contribution in [0, 0.1) is 12.7 Å². The molecule has 0 radical (unpaired) electrons. The Balaban J connectivity index is 1.59. The Hall–Kier alpha value is -3.81. The zero-order valence-corrected chi connectivity index (χ0v) is 15.0. The van der Waals surface area contributed by atoms with Gasteiger partial charge in [-0.1, -0.05) is 12.1 Å². The highest BCUT2D eigenvalue weighted by molar-refractivity contribution is 5.90. The van der Waals surface area contributed by atoms with Gasteiger partial charge in [-0.05, 0) is 43.3 Å². The van der Waals surface area contributed by atoms with Gasteiger partial charge in [0.05, 0.1) is 28.6 Å². The lowest BCUT2D eigenvalue weighted by molar-refractivity contribution is -0.116. The summed E-state index contributed by atoms with van der Waals surface area (Å²) in [5, 5.41) is 7.53. The molecular weight excluding hydrogens is 361 g/mol. The number of nitrogens with zero attached hydrogens (tertiary/aromatic N) is 4. The molecular formula is C20H16FN5O2.